The molecule has 0 bridgehead atoms. The highest BCUT2D eigenvalue weighted by molar-refractivity contribution is 5.97. The Hall–Kier alpha value is -3.03. The molecule has 1 saturated heterocycles. The number of benzene rings is 1. The predicted octanol–water partition coefficient (Wildman–Crippen LogP) is 1.92. The predicted molar refractivity (Wildman–Crippen MR) is 87.1 cm³/mol. The minimum Gasteiger partial charge on any atom is -0.497 e. The van der Waals surface area contributed by atoms with Gasteiger partial charge >= 0.3 is 6.03 Å². The van der Waals surface area contributed by atoms with E-state index in [1.165, 1.54) is 0 Å². The van der Waals surface area contributed by atoms with Crippen molar-refractivity contribution in [1.29, 1.82) is 0 Å². The van der Waals surface area contributed by atoms with Crippen LogP contribution in [0.5, 0.6) is 5.75 Å². The molecule has 24 heavy (non-hydrogen) atoms. The van der Waals surface area contributed by atoms with Gasteiger partial charge in [0.15, 0.2) is 5.82 Å². The van der Waals surface area contributed by atoms with E-state index in [9.17, 15) is 9.59 Å². The lowest BCUT2D eigenvalue weighted by molar-refractivity contribution is -0.117. The molecule has 1 aromatic heterocycles. The average molecular weight is 330 g/mol. The summed E-state index contributed by atoms with van der Waals surface area (Å²) in [7, 11) is 1.57. The van der Waals surface area contributed by atoms with Gasteiger partial charge in [-0.05, 0) is 19.1 Å². The number of anilines is 2. The van der Waals surface area contributed by atoms with Gasteiger partial charge in [-0.1, -0.05) is 11.2 Å². The maximum atomic E-state index is 12.2. The second-order valence-corrected chi connectivity index (χ2v) is 5.53. The van der Waals surface area contributed by atoms with E-state index in [4.69, 9.17) is 9.26 Å². The van der Waals surface area contributed by atoms with Crippen LogP contribution in [0.15, 0.2) is 34.9 Å². The van der Waals surface area contributed by atoms with Crippen LogP contribution in [-0.2, 0) is 4.79 Å². The maximum Gasteiger partial charge on any atom is 0.320 e. The number of aryl methyl sites for hydroxylation is 1. The van der Waals surface area contributed by atoms with Crippen LogP contribution in [0.3, 0.4) is 0 Å². The molecule has 3 rings (SSSR count). The molecule has 0 saturated carbocycles. The van der Waals surface area contributed by atoms with Crippen molar-refractivity contribution in [3.63, 3.8) is 0 Å². The van der Waals surface area contributed by atoms with Crippen molar-refractivity contribution < 1.29 is 18.8 Å². The third-order valence-corrected chi connectivity index (χ3v) is 3.69. The van der Waals surface area contributed by atoms with Gasteiger partial charge in [0.1, 0.15) is 11.5 Å². The Balaban J connectivity index is 1.60. The lowest BCUT2D eigenvalue weighted by atomic mass is 10.2. The zero-order valence-corrected chi connectivity index (χ0v) is 13.4. The summed E-state index contributed by atoms with van der Waals surface area (Å²) in [5.74, 6) is 1.56. The van der Waals surface area contributed by atoms with Crippen molar-refractivity contribution in [2.45, 2.75) is 19.4 Å². The van der Waals surface area contributed by atoms with E-state index in [1.807, 2.05) is 18.2 Å². The van der Waals surface area contributed by atoms with Crippen LogP contribution in [-0.4, -0.2) is 36.8 Å². The Bertz CT molecular complexity index is 758. The molecule has 8 heteroatoms. The first kappa shape index (κ1) is 15.9. The van der Waals surface area contributed by atoms with Gasteiger partial charge in [0.2, 0.25) is 5.91 Å². The lowest BCUT2D eigenvalue weighted by Gasteiger charge is -2.18. The fraction of sp³-hybridized carbons (Fsp3) is 0.312. The topological polar surface area (TPSA) is 96.7 Å². The summed E-state index contributed by atoms with van der Waals surface area (Å²) in [6, 6.07) is 8.17. The minimum absolute atomic E-state index is 0.0502. The third kappa shape index (κ3) is 3.48. The van der Waals surface area contributed by atoms with E-state index in [2.05, 4.69) is 15.8 Å². The summed E-state index contributed by atoms with van der Waals surface area (Å²) in [6.45, 7) is 2.13. The van der Waals surface area contributed by atoms with Gasteiger partial charge in [-0.15, -0.1) is 0 Å². The number of amides is 3. The van der Waals surface area contributed by atoms with E-state index in [-0.39, 0.29) is 18.4 Å². The number of nitrogens with one attached hydrogen (secondary N) is 2. The Kier molecular flexibility index (Phi) is 4.37. The highest BCUT2D eigenvalue weighted by atomic mass is 16.5. The molecule has 0 aliphatic carbocycles. The molecule has 126 valence electrons. The quantitative estimate of drug-likeness (QED) is 0.893. The first-order valence-corrected chi connectivity index (χ1v) is 7.50. The van der Waals surface area contributed by atoms with Crippen molar-refractivity contribution in [1.82, 2.24) is 10.5 Å². The highest BCUT2D eigenvalue weighted by Gasteiger charge is 2.31. The van der Waals surface area contributed by atoms with Gasteiger partial charge in [0.25, 0.3) is 0 Å². The fourth-order valence-corrected chi connectivity index (χ4v) is 2.60. The molecule has 1 atom stereocenters. The number of methoxy groups -OCH3 is 1. The largest absolute Gasteiger partial charge is 0.497 e. The van der Waals surface area contributed by atoms with E-state index in [0.717, 1.165) is 5.69 Å². The number of aromatic nitrogens is 1. The molecule has 0 radical (unpaired) electrons. The number of carbonyl (C=O) groups is 2. The molecule has 8 nitrogen and oxygen atoms in total. The number of rotatable bonds is 4. The Morgan fingerprint density at radius 1 is 1.42 bits per heavy atom. The van der Waals surface area contributed by atoms with Crippen LogP contribution < -0.4 is 20.3 Å². The van der Waals surface area contributed by atoms with Crippen LogP contribution >= 0.6 is 0 Å². The molecule has 0 spiro atoms. The van der Waals surface area contributed by atoms with Crippen molar-refractivity contribution in [2.75, 3.05) is 23.9 Å². The number of hydrogen-bond donors (Lipinski definition) is 2. The Labute approximate surface area is 138 Å². The van der Waals surface area contributed by atoms with Crippen LogP contribution in [0.2, 0.25) is 0 Å². The van der Waals surface area contributed by atoms with Crippen LogP contribution in [0.1, 0.15) is 12.2 Å². The summed E-state index contributed by atoms with van der Waals surface area (Å²) in [6.07, 6.45) is 0.239. The van der Waals surface area contributed by atoms with Crippen molar-refractivity contribution in [3.05, 3.63) is 36.1 Å². The molecule has 1 unspecified atom stereocenters. The van der Waals surface area contributed by atoms with Gasteiger partial charge in [-0.2, -0.15) is 0 Å². The van der Waals surface area contributed by atoms with Gasteiger partial charge in [-0.3, -0.25) is 10.1 Å². The Morgan fingerprint density at radius 3 is 2.96 bits per heavy atom. The normalized spacial score (nSPS) is 17.0. The second kappa shape index (κ2) is 6.61. The summed E-state index contributed by atoms with van der Waals surface area (Å²) in [5.41, 5.74) is 0.746. The molecule has 2 aromatic rings. The number of nitrogens with zero attached hydrogens (tertiary/aromatic N) is 2. The Morgan fingerprint density at radius 2 is 2.25 bits per heavy atom. The van der Waals surface area contributed by atoms with Gasteiger partial charge in [0.05, 0.1) is 13.2 Å². The molecular weight excluding hydrogens is 312 g/mol. The summed E-state index contributed by atoms with van der Waals surface area (Å²) in [5, 5.41) is 9.03. The van der Waals surface area contributed by atoms with Crippen LogP contribution in [0.4, 0.5) is 16.3 Å². The monoisotopic (exact) mass is 330 g/mol. The molecule has 1 aliphatic heterocycles. The highest BCUT2D eigenvalue weighted by Crippen LogP contribution is 2.25. The standard InChI is InChI=1S/C16H18N4O4/c1-10-6-14(19-24-10)18-16(22)17-11-7-15(21)20(9-11)12-4-3-5-13(8-12)23-2/h3-6,8,11H,7,9H2,1-2H3,(H2,17,18,19,22). The minimum atomic E-state index is -0.423. The van der Waals surface area contributed by atoms with Crippen molar-refractivity contribution in [2.24, 2.45) is 0 Å². The van der Waals surface area contributed by atoms with Crippen LogP contribution in [0, 0.1) is 6.92 Å². The third-order valence-electron chi connectivity index (χ3n) is 3.69. The molecule has 1 aromatic carbocycles. The lowest BCUT2D eigenvalue weighted by Crippen LogP contribution is -2.39. The van der Waals surface area contributed by atoms with E-state index < -0.39 is 6.03 Å². The number of urea groups is 1. The summed E-state index contributed by atoms with van der Waals surface area (Å²) in [4.78, 5) is 25.8. The molecule has 1 aliphatic rings. The van der Waals surface area contributed by atoms with Crippen molar-refractivity contribution >= 4 is 23.4 Å². The van der Waals surface area contributed by atoms with Gasteiger partial charge < -0.3 is 19.5 Å². The molecule has 1 fully saturated rings. The number of carbonyl (C=O) groups excluding carboxylic acids is 2. The molecule has 3 amide bonds. The van der Waals surface area contributed by atoms with Crippen LogP contribution in [0.25, 0.3) is 0 Å². The first-order chi connectivity index (χ1) is 11.5. The summed E-state index contributed by atoms with van der Waals surface area (Å²) < 4.78 is 10.1. The molecular formula is C16H18N4O4. The van der Waals surface area contributed by atoms with E-state index >= 15 is 0 Å². The zero-order chi connectivity index (χ0) is 17.1. The SMILES string of the molecule is COc1cccc(N2CC(NC(=O)Nc3cc(C)on3)CC2=O)c1. The average Bonchev–Trinajstić information content (AvgIpc) is 3.12. The summed E-state index contributed by atoms with van der Waals surface area (Å²) >= 11 is 0. The number of ether oxygens (including phenoxy) is 1. The first-order valence-electron chi connectivity index (χ1n) is 7.50. The second-order valence-electron chi connectivity index (χ2n) is 5.53. The molecule has 2 heterocycles. The fourth-order valence-electron chi connectivity index (χ4n) is 2.60. The van der Waals surface area contributed by atoms with Gasteiger partial charge in [0, 0.05) is 30.8 Å². The zero-order valence-electron chi connectivity index (χ0n) is 13.4. The molecule has 2 N–H and O–H groups in total. The van der Waals surface area contributed by atoms with Crippen molar-refractivity contribution in [3.8, 4) is 5.75 Å². The maximum absolute atomic E-state index is 12.2. The van der Waals surface area contributed by atoms with Gasteiger partial charge in [-0.25, -0.2) is 4.79 Å². The smallest absolute Gasteiger partial charge is 0.320 e. The van der Waals surface area contributed by atoms with E-state index in [0.29, 0.717) is 23.9 Å². The van der Waals surface area contributed by atoms with E-state index in [1.54, 1.807) is 31.1 Å². The number of hydrogen-bond acceptors (Lipinski definition) is 5.